The first-order chi connectivity index (χ1) is 7.36. The molecule has 1 aromatic carbocycles. The van der Waals surface area contributed by atoms with E-state index in [1.807, 2.05) is 39.0 Å². The second kappa shape index (κ2) is 4.56. The molecule has 16 heavy (non-hydrogen) atoms. The first-order valence-electron chi connectivity index (χ1n) is 5.23. The number of carbonyl (C=O) groups is 1. The molecule has 0 aliphatic carbocycles. The van der Waals surface area contributed by atoms with Gasteiger partial charge in [0.15, 0.2) is 0 Å². The maximum Gasteiger partial charge on any atom is 0.311 e. The highest BCUT2D eigenvalue weighted by Gasteiger charge is 2.32. The van der Waals surface area contributed by atoms with Gasteiger partial charge in [0.1, 0.15) is 5.75 Å². The van der Waals surface area contributed by atoms with E-state index in [0.717, 1.165) is 5.56 Å². The minimum absolute atomic E-state index is 0.321. The van der Waals surface area contributed by atoms with Crippen molar-refractivity contribution in [2.75, 3.05) is 7.11 Å². The third-order valence-corrected chi connectivity index (χ3v) is 2.54. The summed E-state index contributed by atoms with van der Waals surface area (Å²) in [7, 11) is 1.58. The molecule has 1 aromatic rings. The van der Waals surface area contributed by atoms with E-state index < -0.39 is 11.9 Å². The van der Waals surface area contributed by atoms with Crippen LogP contribution in [0.1, 0.15) is 32.3 Å². The van der Waals surface area contributed by atoms with E-state index in [9.17, 15) is 9.90 Å². The summed E-state index contributed by atoms with van der Waals surface area (Å²) in [6.45, 7) is 5.77. The number of benzene rings is 1. The average molecular weight is 222 g/mol. The van der Waals surface area contributed by atoms with E-state index >= 15 is 0 Å². The van der Waals surface area contributed by atoms with Crippen LogP contribution in [0.2, 0.25) is 0 Å². The van der Waals surface area contributed by atoms with E-state index in [4.69, 9.17) is 4.74 Å². The molecule has 1 atom stereocenters. The van der Waals surface area contributed by atoms with Crippen LogP contribution in [-0.4, -0.2) is 18.2 Å². The molecule has 1 rings (SSSR count). The third kappa shape index (κ3) is 2.75. The highest BCUT2D eigenvalue weighted by Crippen LogP contribution is 2.36. The zero-order valence-corrected chi connectivity index (χ0v) is 10.2. The molecule has 3 nitrogen and oxygen atoms in total. The lowest BCUT2D eigenvalue weighted by molar-refractivity contribution is -0.141. The zero-order chi connectivity index (χ0) is 12.3. The van der Waals surface area contributed by atoms with Crippen LogP contribution in [-0.2, 0) is 4.79 Å². The molecule has 0 spiro atoms. The topological polar surface area (TPSA) is 46.5 Å². The van der Waals surface area contributed by atoms with E-state index in [-0.39, 0.29) is 5.41 Å². The number of carboxylic acids is 1. The maximum absolute atomic E-state index is 11.3. The highest BCUT2D eigenvalue weighted by atomic mass is 16.5. The first-order valence-corrected chi connectivity index (χ1v) is 5.23. The van der Waals surface area contributed by atoms with Crippen LogP contribution < -0.4 is 4.74 Å². The van der Waals surface area contributed by atoms with Gasteiger partial charge in [0.05, 0.1) is 13.0 Å². The molecule has 0 heterocycles. The van der Waals surface area contributed by atoms with Crippen LogP contribution in [0.15, 0.2) is 24.3 Å². The Hall–Kier alpha value is -1.51. The molecule has 0 saturated carbocycles. The van der Waals surface area contributed by atoms with Gasteiger partial charge in [-0.15, -0.1) is 0 Å². The molecule has 0 aromatic heterocycles. The Labute approximate surface area is 96.1 Å². The van der Waals surface area contributed by atoms with Gasteiger partial charge in [0.2, 0.25) is 0 Å². The number of hydrogen-bond acceptors (Lipinski definition) is 2. The first kappa shape index (κ1) is 12.6. The SMILES string of the molecule is COc1cccc(C(C(=O)O)C(C)(C)C)c1. The smallest absolute Gasteiger partial charge is 0.311 e. The van der Waals surface area contributed by atoms with Crippen LogP contribution in [0, 0.1) is 5.41 Å². The minimum Gasteiger partial charge on any atom is -0.497 e. The number of hydrogen-bond donors (Lipinski definition) is 1. The Morgan fingerprint density at radius 2 is 2.00 bits per heavy atom. The van der Waals surface area contributed by atoms with E-state index in [1.54, 1.807) is 13.2 Å². The predicted molar refractivity (Wildman–Crippen MR) is 62.8 cm³/mol. The summed E-state index contributed by atoms with van der Waals surface area (Å²) in [5, 5.41) is 9.29. The number of carboxylic acid groups (broad SMARTS) is 1. The molecular weight excluding hydrogens is 204 g/mol. The molecule has 0 aliphatic heterocycles. The van der Waals surface area contributed by atoms with Crippen LogP contribution in [0.4, 0.5) is 0 Å². The Kier molecular flexibility index (Phi) is 3.58. The largest absolute Gasteiger partial charge is 0.497 e. The maximum atomic E-state index is 11.3. The molecule has 0 saturated heterocycles. The van der Waals surface area contributed by atoms with Crippen molar-refractivity contribution >= 4 is 5.97 Å². The van der Waals surface area contributed by atoms with Crippen molar-refractivity contribution in [1.29, 1.82) is 0 Å². The number of methoxy groups -OCH3 is 1. The molecule has 0 fully saturated rings. The quantitative estimate of drug-likeness (QED) is 0.855. The highest BCUT2D eigenvalue weighted by molar-refractivity contribution is 5.77. The van der Waals surface area contributed by atoms with Gasteiger partial charge in [0, 0.05) is 0 Å². The molecule has 88 valence electrons. The fourth-order valence-corrected chi connectivity index (χ4v) is 1.83. The van der Waals surface area contributed by atoms with Gasteiger partial charge < -0.3 is 9.84 Å². The molecule has 0 aliphatic rings. The van der Waals surface area contributed by atoms with Crippen molar-refractivity contribution in [3.63, 3.8) is 0 Å². The molecular formula is C13H18O3. The molecule has 0 bridgehead atoms. The Balaban J connectivity index is 3.16. The summed E-state index contributed by atoms with van der Waals surface area (Å²) in [5.41, 5.74) is 0.456. The van der Waals surface area contributed by atoms with E-state index in [0.29, 0.717) is 5.75 Å². The second-order valence-electron chi connectivity index (χ2n) is 4.91. The molecule has 1 N–H and O–H groups in total. The molecule has 1 unspecified atom stereocenters. The van der Waals surface area contributed by atoms with Gasteiger partial charge in [-0.05, 0) is 23.1 Å². The van der Waals surface area contributed by atoms with Crippen LogP contribution in [0.25, 0.3) is 0 Å². The average Bonchev–Trinajstić information content (AvgIpc) is 2.15. The number of ether oxygens (including phenoxy) is 1. The Bertz CT molecular complexity index is 377. The lowest BCUT2D eigenvalue weighted by atomic mass is 9.76. The van der Waals surface area contributed by atoms with Gasteiger partial charge in [-0.2, -0.15) is 0 Å². The lowest BCUT2D eigenvalue weighted by Crippen LogP contribution is -2.26. The van der Waals surface area contributed by atoms with Crippen molar-refractivity contribution in [3.05, 3.63) is 29.8 Å². The monoisotopic (exact) mass is 222 g/mol. The van der Waals surface area contributed by atoms with Crippen LogP contribution in [0.3, 0.4) is 0 Å². The summed E-state index contributed by atoms with van der Waals surface area (Å²) >= 11 is 0. The molecule has 0 radical (unpaired) electrons. The van der Waals surface area contributed by atoms with Crippen molar-refractivity contribution in [1.82, 2.24) is 0 Å². The van der Waals surface area contributed by atoms with Gasteiger partial charge in [-0.1, -0.05) is 32.9 Å². The lowest BCUT2D eigenvalue weighted by Gasteiger charge is -2.27. The summed E-state index contributed by atoms with van der Waals surface area (Å²) in [5.74, 6) is -0.642. The van der Waals surface area contributed by atoms with Gasteiger partial charge in [0.25, 0.3) is 0 Å². The normalized spacial score (nSPS) is 13.2. The predicted octanol–water partition coefficient (Wildman–Crippen LogP) is 2.91. The number of rotatable bonds is 3. The molecule has 0 amide bonds. The van der Waals surface area contributed by atoms with E-state index in [2.05, 4.69) is 0 Å². The Morgan fingerprint density at radius 3 is 2.44 bits per heavy atom. The van der Waals surface area contributed by atoms with Crippen molar-refractivity contribution in [2.45, 2.75) is 26.7 Å². The van der Waals surface area contributed by atoms with Crippen LogP contribution >= 0.6 is 0 Å². The second-order valence-corrected chi connectivity index (χ2v) is 4.91. The van der Waals surface area contributed by atoms with Crippen molar-refractivity contribution in [2.24, 2.45) is 5.41 Å². The number of aliphatic carboxylic acids is 1. The fraction of sp³-hybridized carbons (Fsp3) is 0.462. The van der Waals surface area contributed by atoms with Crippen molar-refractivity contribution in [3.8, 4) is 5.75 Å². The minimum atomic E-state index is -0.805. The van der Waals surface area contributed by atoms with Gasteiger partial charge >= 0.3 is 5.97 Å². The van der Waals surface area contributed by atoms with Gasteiger partial charge in [-0.25, -0.2) is 0 Å². The summed E-state index contributed by atoms with van der Waals surface area (Å²) in [6, 6.07) is 7.23. The van der Waals surface area contributed by atoms with Crippen LogP contribution in [0.5, 0.6) is 5.75 Å². The van der Waals surface area contributed by atoms with Crippen molar-refractivity contribution < 1.29 is 14.6 Å². The fourth-order valence-electron chi connectivity index (χ4n) is 1.83. The summed E-state index contributed by atoms with van der Waals surface area (Å²) in [6.07, 6.45) is 0. The van der Waals surface area contributed by atoms with E-state index in [1.165, 1.54) is 0 Å². The molecule has 3 heteroatoms. The third-order valence-electron chi connectivity index (χ3n) is 2.54. The van der Waals surface area contributed by atoms with Gasteiger partial charge in [-0.3, -0.25) is 4.79 Å². The summed E-state index contributed by atoms with van der Waals surface area (Å²) < 4.78 is 5.10. The Morgan fingerprint density at radius 1 is 1.38 bits per heavy atom. The zero-order valence-electron chi connectivity index (χ0n) is 10.2. The standard InChI is InChI=1S/C13H18O3/c1-13(2,3)11(12(14)15)9-6-5-7-10(8-9)16-4/h5-8,11H,1-4H3,(H,14,15). The summed E-state index contributed by atoms with van der Waals surface area (Å²) in [4.78, 5) is 11.3.